The molecule has 1 aromatic carbocycles. The van der Waals surface area contributed by atoms with Crippen molar-refractivity contribution in [2.75, 3.05) is 23.7 Å². The van der Waals surface area contributed by atoms with Crippen LogP contribution in [0.3, 0.4) is 0 Å². The van der Waals surface area contributed by atoms with Crippen molar-refractivity contribution in [2.24, 2.45) is 0 Å². The number of rotatable bonds is 6. The lowest BCUT2D eigenvalue weighted by Gasteiger charge is -2.40. The van der Waals surface area contributed by atoms with Gasteiger partial charge in [0, 0.05) is 37.2 Å². The third kappa shape index (κ3) is 3.41. The van der Waals surface area contributed by atoms with E-state index in [1.807, 2.05) is 41.2 Å². The Morgan fingerprint density at radius 3 is 2.79 bits per heavy atom. The van der Waals surface area contributed by atoms with E-state index in [1.165, 1.54) is 0 Å². The van der Waals surface area contributed by atoms with Gasteiger partial charge in [-0.3, -0.25) is 10.1 Å². The third-order valence-corrected chi connectivity index (χ3v) is 5.65. The molecule has 1 saturated heterocycles. The predicted molar refractivity (Wildman–Crippen MR) is 110 cm³/mol. The zero-order valence-corrected chi connectivity index (χ0v) is 16.3. The first-order valence-electron chi connectivity index (χ1n) is 9.79. The highest BCUT2D eigenvalue weighted by molar-refractivity contribution is 6.11. The number of nitrogen functional groups attached to an aromatic ring is 1. The Balaban J connectivity index is 1.34. The minimum absolute atomic E-state index is 0.0626. The maximum absolute atomic E-state index is 6.46. The van der Waals surface area contributed by atoms with Crippen molar-refractivity contribution < 1.29 is 10.1 Å². The molecular weight excluding hydrogens is 366 g/mol. The number of hydrogen-bond acceptors (Lipinski definition) is 6. The van der Waals surface area contributed by atoms with Gasteiger partial charge in [0.15, 0.2) is 0 Å². The number of nitrogens with zero attached hydrogens (tertiary/aromatic N) is 5. The lowest BCUT2D eigenvalue weighted by atomic mass is 10.0. The predicted octanol–water partition coefficient (Wildman–Crippen LogP) is 0.844. The molecule has 8 nitrogen and oxygen atoms in total. The van der Waals surface area contributed by atoms with Crippen LogP contribution in [0.25, 0.3) is 0 Å². The van der Waals surface area contributed by atoms with Gasteiger partial charge < -0.3 is 15.4 Å². The van der Waals surface area contributed by atoms with E-state index >= 15 is 0 Å². The number of ether oxygens (including phenoxy) is 1. The molecule has 1 aliphatic carbocycles. The summed E-state index contributed by atoms with van der Waals surface area (Å²) in [5.74, 6) is 1.62. The second-order valence-electron chi connectivity index (χ2n) is 8.02. The summed E-state index contributed by atoms with van der Waals surface area (Å²) in [5, 5.41) is 10.8. The van der Waals surface area contributed by atoms with E-state index in [1.54, 1.807) is 12.5 Å². The molecule has 148 valence electrons. The van der Waals surface area contributed by atoms with E-state index in [2.05, 4.69) is 26.9 Å². The van der Waals surface area contributed by atoms with E-state index in [4.69, 9.17) is 15.9 Å². The van der Waals surface area contributed by atoms with Crippen LogP contribution >= 0.6 is 0 Å². The van der Waals surface area contributed by atoms with E-state index in [-0.39, 0.29) is 5.60 Å². The molecule has 0 bridgehead atoms. The fourth-order valence-corrected chi connectivity index (χ4v) is 3.51. The maximum Gasteiger partial charge on any atom is 0.232 e. The quantitative estimate of drug-likeness (QED) is 0.477. The molecule has 0 atom stereocenters. The van der Waals surface area contributed by atoms with Crippen LogP contribution in [0.15, 0.2) is 49.1 Å². The van der Waals surface area contributed by atoms with Crippen LogP contribution in [-0.4, -0.2) is 44.2 Å². The lowest BCUT2D eigenvalue weighted by Crippen LogP contribution is -2.48. The van der Waals surface area contributed by atoms with Crippen LogP contribution in [0.2, 0.25) is 0 Å². The van der Waals surface area contributed by atoms with Gasteiger partial charge in [-0.2, -0.15) is 5.10 Å². The summed E-state index contributed by atoms with van der Waals surface area (Å²) in [5.41, 5.74) is 8.63. The molecule has 0 amide bonds. The number of nitrogens with two attached hydrogens (primary N) is 2. The molecule has 29 heavy (non-hydrogen) atoms. The normalized spacial score (nSPS) is 17.6. The van der Waals surface area contributed by atoms with Crippen LogP contribution in [-0.2, 0) is 0 Å². The number of aromatic nitrogens is 4. The lowest BCUT2D eigenvalue weighted by molar-refractivity contribution is -0.111. The number of benzene rings is 1. The summed E-state index contributed by atoms with van der Waals surface area (Å²) in [6, 6.07) is 9.81. The van der Waals surface area contributed by atoms with Gasteiger partial charge in [0.2, 0.25) is 5.71 Å². The van der Waals surface area contributed by atoms with E-state index in [0.717, 1.165) is 43.1 Å². The highest BCUT2D eigenvalue weighted by atomic mass is 16.5. The fourth-order valence-electron chi connectivity index (χ4n) is 3.51. The van der Waals surface area contributed by atoms with Crippen LogP contribution in [0.5, 0.6) is 5.75 Å². The maximum atomic E-state index is 6.46. The average Bonchev–Trinajstić information content (AvgIpc) is 3.16. The Hall–Kier alpha value is -3.42. The molecule has 3 aromatic rings. The van der Waals surface area contributed by atoms with Gasteiger partial charge in [-0.25, -0.2) is 9.97 Å². The van der Waals surface area contributed by atoms with Gasteiger partial charge in [-0.15, -0.1) is 0 Å². The van der Waals surface area contributed by atoms with E-state index in [0.29, 0.717) is 23.1 Å². The minimum Gasteiger partial charge on any atom is -0.488 e. The van der Waals surface area contributed by atoms with Gasteiger partial charge >= 0.3 is 0 Å². The van der Waals surface area contributed by atoms with Crippen molar-refractivity contribution in [3.8, 4) is 5.75 Å². The van der Waals surface area contributed by atoms with Crippen LogP contribution < -0.4 is 20.8 Å². The second kappa shape index (κ2) is 6.58. The summed E-state index contributed by atoms with van der Waals surface area (Å²) in [6.45, 7) is 3.81. The molecule has 0 unspecified atom stereocenters. The molecule has 4 N–H and O–H groups in total. The largest absolute Gasteiger partial charge is 0.488 e. The van der Waals surface area contributed by atoms with Crippen molar-refractivity contribution >= 4 is 17.2 Å². The molecule has 5 rings (SSSR count). The molecule has 2 aromatic heterocycles. The van der Waals surface area contributed by atoms with E-state index in [9.17, 15) is 0 Å². The molecule has 1 aliphatic heterocycles. The summed E-state index contributed by atoms with van der Waals surface area (Å²) >= 11 is 0. The van der Waals surface area contributed by atoms with Crippen LogP contribution in [0.1, 0.15) is 37.1 Å². The van der Waals surface area contributed by atoms with Crippen LogP contribution in [0.4, 0.5) is 11.5 Å². The van der Waals surface area contributed by atoms with Gasteiger partial charge in [-0.05, 0) is 44.0 Å². The SMILES string of the molecule is CC1(Oc2ccc(N)c(C(=[NH2+])c3cc(N4CC(n5cccn5)C4)ncn3)c2)CC1. The summed E-state index contributed by atoms with van der Waals surface area (Å²) in [4.78, 5) is 11.0. The average molecular weight is 390 g/mol. The Kier molecular flexibility index (Phi) is 4.01. The monoisotopic (exact) mass is 390 g/mol. The molecule has 8 heteroatoms. The van der Waals surface area contributed by atoms with Crippen molar-refractivity contribution in [2.45, 2.75) is 31.4 Å². The van der Waals surface area contributed by atoms with E-state index < -0.39 is 0 Å². The first-order valence-corrected chi connectivity index (χ1v) is 9.79. The topological polar surface area (TPSA) is 108 Å². The first kappa shape index (κ1) is 17.7. The smallest absolute Gasteiger partial charge is 0.232 e. The number of anilines is 2. The Bertz CT molecular complexity index is 1050. The molecule has 2 aliphatic rings. The van der Waals surface area contributed by atoms with Gasteiger partial charge in [0.05, 0.1) is 11.6 Å². The first-order chi connectivity index (χ1) is 14.0. The molecule has 1 saturated carbocycles. The zero-order chi connectivity index (χ0) is 20.0. The van der Waals surface area contributed by atoms with Gasteiger partial charge in [0.25, 0.3) is 0 Å². The van der Waals surface area contributed by atoms with Crippen molar-refractivity contribution in [1.82, 2.24) is 19.7 Å². The van der Waals surface area contributed by atoms with Crippen LogP contribution in [0, 0.1) is 0 Å². The summed E-state index contributed by atoms with van der Waals surface area (Å²) in [7, 11) is 0. The Morgan fingerprint density at radius 2 is 2.07 bits per heavy atom. The highest BCUT2D eigenvalue weighted by Gasteiger charge is 2.40. The van der Waals surface area contributed by atoms with Crippen molar-refractivity contribution in [1.29, 1.82) is 0 Å². The summed E-state index contributed by atoms with van der Waals surface area (Å²) in [6.07, 6.45) is 7.46. The van der Waals surface area contributed by atoms with Crippen molar-refractivity contribution in [3.05, 3.63) is 60.3 Å². The second-order valence-corrected chi connectivity index (χ2v) is 8.02. The Labute approximate surface area is 168 Å². The van der Waals surface area contributed by atoms with Gasteiger partial charge in [-0.1, -0.05) is 0 Å². The molecule has 0 spiro atoms. The molecular formula is C21H24N7O+. The number of hydrogen-bond donors (Lipinski definition) is 2. The standard InChI is InChI=1S/C21H23N7O/c1-21(5-6-21)29-15-3-4-17(22)16(9-15)20(23)18-10-19(25-13-24-18)27-11-14(12-27)28-8-2-7-26-28/h2-4,7-10,13-14,23H,5-6,11-12,22H2,1H3/p+1. The molecule has 2 fully saturated rings. The summed E-state index contributed by atoms with van der Waals surface area (Å²) < 4.78 is 8.03. The van der Waals surface area contributed by atoms with Gasteiger partial charge in [0.1, 0.15) is 29.2 Å². The third-order valence-electron chi connectivity index (χ3n) is 5.65. The molecule has 3 heterocycles. The van der Waals surface area contributed by atoms with Crippen molar-refractivity contribution in [3.63, 3.8) is 0 Å². The highest BCUT2D eigenvalue weighted by Crippen LogP contribution is 2.40. The fraction of sp³-hybridized carbons (Fsp3) is 0.333. The molecule has 0 radical (unpaired) electrons. The zero-order valence-electron chi connectivity index (χ0n) is 16.3. The Morgan fingerprint density at radius 1 is 1.24 bits per heavy atom. The minimum atomic E-state index is -0.0626.